The fourth-order valence-corrected chi connectivity index (χ4v) is 4.49. The van der Waals surface area contributed by atoms with Gasteiger partial charge < -0.3 is 10.2 Å². The van der Waals surface area contributed by atoms with E-state index < -0.39 is 5.54 Å². The van der Waals surface area contributed by atoms with E-state index in [9.17, 15) is 9.59 Å². The third-order valence-corrected chi connectivity index (χ3v) is 5.95. The van der Waals surface area contributed by atoms with Crippen molar-refractivity contribution >= 4 is 11.8 Å². The predicted molar refractivity (Wildman–Crippen MR) is 81.7 cm³/mol. The number of piperazine rings is 1. The van der Waals surface area contributed by atoms with Gasteiger partial charge in [0.15, 0.2) is 0 Å². The Bertz CT molecular complexity index is 434. The van der Waals surface area contributed by atoms with Gasteiger partial charge in [-0.25, -0.2) is 0 Å². The molecule has 1 atom stereocenters. The Kier molecular flexibility index (Phi) is 3.74. The van der Waals surface area contributed by atoms with E-state index in [0.717, 1.165) is 32.2 Å². The highest BCUT2D eigenvalue weighted by molar-refractivity contribution is 5.99. The highest BCUT2D eigenvalue weighted by Crippen LogP contribution is 2.40. The number of hydrogen-bond donors (Lipinski definition) is 1. The molecule has 3 aliphatic rings. The van der Waals surface area contributed by atoms with Crippen molar-refractivity contribution in [3.8, 4) is 0 Å². The Morgan fingerprint density at radius 1 is 1.05 bits per heavy atom. The topological polar surface area (TPSA) is 49.4 Å². The maximum Gasteiger partial charge on any atom is 0.249 e. The normalized spacial score (nSPS) is 31.5. The smallest absolute Gasteiger partial charge is 0.249 e. The number of hydrogen-bond acceptors (Lipinski definition) is 2. The first-order valence-electron chi connectivity index (χ1n) is 8.59. The largest absolute Gasteiger partial charge is 0.340 e. The van der Waals surface area contributed by atoms with E-state index in [2.05, 4.69) is 12.2 Å². The molecule has 2 amide bonds. The standard InChI is InChI=1S/C17H28N2O2/c1-13-14(20)18-17(10-6-7-11-17)15(21)19(13)12-16(2)8-4-3-5-9-16/h13H,3-12H2,1-2H3,(H,18,20). The number of carbonyl (C=O) groups is 2. The maximum atomic E-state index is 13.0. The van der Waals surface area contributed by atoms with Gasteiger partial charge in [0.25, 0.3) is 0 Å². The summed E-state index contributed by atoms with van der Waals surface area (Å²) >= 11 is 0. The average Bonchev–Trinajstić information content (AvgIpc) is 2.92. The van der Waals surface area contributed by atoms with Crippen LogP contribution in [0, 0.1) is 5.41 Å². The van der Waals surface area contributed by atoms with Gasteiger partial charge >= 0.3 is 0 Å². The van der Waals surface area contributed by atoms with E-state index in [1.54, 1.807) is 0 Å². The van der Waals surface area contributed by atoms with Gasteiger partial charge in [0, 0.05) is 6.54 Å². The van der Waals surface area contributed by atoms with E-state index in [0.29, 0.717) is 0 Å². The zero-order valence-electron chi connectivity index (χ0n) is 13.4. The molecule has 3 rings (SSSR count). The van der Waals surface area contributed by atoms with E-state index >= 15 is 0 Å². The number of nitrogens with zero attached hydrogens (tertiary/aromatic N) is 1. The van der Waals surface area contributed by atoms with Crippen LogP contribution < -0.4 is 5.32 Å². The summed E-state index contributed by atoms with van der Waals surface area (Å²) in [6, 6.07) is -0.317. The summed E-state index contributed by atoms with van der Waals surface area (Å²) in [6.45, 7) is 4.92. The first-order valence-corrected chi connectivity index (χ1v) is 8.59. The van der Waals surface area contributed by atoms with Gasteiger partial charge in [-0.3, -0.25) is 9.59 Å². The predicted octanol–water partition coefficient (Wildman–Crippen LogP) is 2.62. The van der Waals surface area contributed by atoms with Gasteiger partial charge in [0.1, 0.15) is 11.6 Å². The molecule has 21 heavy (non-hydrogen) atoms. The number of rotatable bonds is 2. The van der Waals surface area contributed by atoms with Crippen LogP contribution in [-0.4, -0.2) is 34.8 Å². The molecule has 1 heterocycles. The molecular formula is C17H28N2O2. The number of carbonyl (C=O) groups excluding carboxylic acids is 2. The summed E-state index contributed by atoms with van der Waals surface area (Å²) in [5.41, 5.74) is -0.381. The zero-order chi connectivity index (χ0) is 15.1. The van der Waals surface area contributed by atoms with Crippen LogP contribution in [0.4, 0.5) is 0 Å². The minimum atomic E-state index is -0.575. The molecule has 4 nitrogen and oxygen atoms in total. The Hall–Kier alpha value is -1.06. The summed E-state index contributed by atoms with van der Waals surface area (Å²) in [6.07, 6.45) is 9.90. The van der Waals surface area contributed by atoms with Crippen LogP contribution in [0.2, 0.25) is 0 Å². The molecule has 118 valence electrons. The lowest BCUT2D eigenvalue weighted by atomic mass is 9.74. The van der Waals surface area contributed by atoms with Crippen molar-refractivity contribution in [2.45, 2.75) is 83.2 Å². The molecular weight excluding hydrogens is 264 g/mol. The van der Waals surface area contributed by atoms with Gasteiger partial charge in [0.2, 0.25) is 11.8 Å². The van der Waals surface area contributed by atoms with Crippen LogP contribution in [0.3, 0.4) is 0 Å². The van der Waals surface area contributed by atoms with Crippen molar-refractivity contribution in [3.05, 3.63) is 0 Å². The van der Waals surface area contributed by atoms with E-state index in [-0.39, 0.29) is 23.3 Å². The summed E-state index contributed by atoms with van der Waals surface area (Å²) in [5.74, 6) is 0.217. The molecule has 0 bridgehead atoms. The van der Waals surface area contributed by atoms with Crippen LogP contribution in [0.15, 0.2) is 0 Å². The molecule has 1 aliphatic heterocycles. The molecule has 2 saturated carbocycles. The molecule has 0 aromatic carbocycles. The van der Waals surface area contributed by atoms with Gasteiger partial charge in [-0.1, -0.05) is 39.0 Å². The summed E-state index contributed by atoms with van der Waals surface area (Å²) < 4.78 is 0. The molecule has 1 unspecified atom stereocenters. The Labute approximate surface area is 127 Å². The first kappa shape index (κ1) is 14.9. The van der Waals surface area contributed by atoms with E-state index in [1.807, 2.05) is 11.8 Å². The van der Waals surface area contributed by atoms with Crippen LogP contribution in [0.25, 0.3) is 0 Å². The zero-order valence-corrected chi connectivity index (χ0v) is 13.4. The van der Waals surface area contributed by atoms with Crippen molar-refractivity contribution in [1.82, 2.24) is 10.2 Å². The van der Waals surface area contributed by atoms with Crippen molar-refractivity contribution in [2.24, 2.45) is 5.41 Å². The molecule has 0 aromatic heterocycles. The monoisotopic (exact) mass is 292 g/mol. The molecule has 3 fully saturated rings. The van der Waals surface area contributed by atoms with E-state index in [4.69, 9.17) is 0 Å². The SMILES string of the molecule is CC1C(=O)NC2(CCCC2)C(=O)N1CC1(C)CCCCC1. The van der Waals surface area contributed by atoms with Gasteiger partial charge in [0.05, 0.1) is 0 Å². The minimum absolute atomic E-state index is 0.0379. The average molecular weight is 292 g/mol. The third-order valence-electron chi connectivity index (χ3n) is 5.95. The van der Waals surface area contributed by atoms with Gasteiger partial charge in [-0.2, -0.15) is 0 Å². The Balaban J connectivity index is 1.81. The molecule has 0 radical (unpaired) electrons. The van der Waals surface area contributed by atoms with Crippen molar-refractivity contribution in [2.75, 3.05) is 6.54 Å². The lowest BCUT2D eigenvalue weighted by Crippen LogP contribution is -2.69. The minimum Gasteiger partial charge on any atom is -0.340 e. The first-order chi connectivity index (χ1) is 9.96. The second-order valence-electron chi connectivity index (χ2n) is 7.76. The molecule has 0 aromatic rings. The molecule has 1 spiro atoms. The van der Waals surface area contributed by atoms with Crippen molar-refractivity contribution < 1.29 is 9.59 Å². The van der Waals surface area contributed by atoms with E-state index in [1.165, 1.54) is 32.1 Å². The summed E-state index contributed by atoms with van der Waals surface area (Å²) in [5, 5.41) is 3.04. The Morgan fingerprint density at radius 3 is 2.24 bits per heavy atom. The number of nitrogens with one attached hydrogen (secondary N) is 1. The highest BCUT2D eigenvalue weighted by Gasteiger charge is 2.51. The fourth-order valence-electron chi connectivity index (χ4n) is 4.49. The van der Waals surface area contributed by atoms with Crippen LogP contribution in [0.1, 0.15) is 71.6 Å². The second-order valence-corrected chi connectivity index (χ2v) is 7.76. The lowest BCUT2D eigenvalue weighted by molar-refractivity contribution is -0.156. The molecule has 4 heteroatoms. The quantitative estimate of drug-likeness (QED) is 0.850. The maximum absolute atomic E-state index is 13.0. The van der Waals surface area contributed by atoms with Crippen molar-refractivity contribution in [1.29, 1.82) is 0 Å². The van der Waals surface area contributed by atoms with Crippen molar-refractivity contribution in [3.63, 3.8) is 0 Å². The summed E-state index contributed by atoms with van der Waals surface area (Å²) in [4.78, 5) is 27.3. The second kappa shape index (κ2) is 5.29. The molecule has 2 aliphatic carbocycles. The van der Waals surface area contributed by atoms with Gasteiger partial charge in [-0.15, -0.1) is 0 Å². The summed E-state index contributed by atoms with van der Waals surface area (Å²) in [7, 11) is 0. The van der Waals surface area contributed by atoms with Crippen LogP contribution >= 0.6 is 0 Å². The Morgan fingerprint density at radius 2 is 1.62 bits per heavy atom. The fraction of sp³-hybridized carbons (Fsp3) is 0.882. The number of amides is 2. The highest BCUT2D eigenvalue weighted by atomic mass is 16.2. The molecule has 1 saturated heterocycles. The van der Waals surface area contributed by atoms with Crippen LogP contribution in [-0.2, 0) is 9.59 Å². The van der Waals surface area contributed by atoms with Gasteiger partial charge in [-0.05, 0) is 38.0 Å². The molecule has 1 N–H and O–H groups in total. The lowest BCUT2D eigenvalue weighted by Gasteiger charge is -2.47. The third kappa shape index (κ3) is 2.58. The van der Waals surface area contributed by atoms with Crippen LogP contribution in [0.5, 0.6) is 0 Å².